The number of benzene rings is 1. The fourth-order valence-corrected chi connectivity index (χ4v) is 4.98. The van der Waals surface area contributed by atoms with E-state index in [0.29, 0.717) is 22.2 Å². The summed E-state index contributed by atoms with van der Waals surface area (Å²) in [6.07, 6.45) is 1.63. The SMILES string of the molecule is CCc1ccc(N(C)S(=O)(=O)c2ccc(CCCl)s2)cc1. The van der Waals surface area contributed by atoms with Gasteiger partial charge in [-0.15, -0.1) is 22.9 Å². The van der Waals surface area contributed by atoms with Crippen molar-refractivity contribution in [3.8, 4) is 0 Å². The van der Waals surface area contributed by atoms with Crippen molar-refractivity contribution in [2.24, 2.45) is 0 Å². The summed E-state index contributed by atoms with van der Waals surface area (Å²) in [6.45, 7) is 2.07. The van der Waals surface area contributed by atoms with Crippen molar-refractivity contribution in [3.63, 3.8) is 0 Å². The molecule has 3 nitrogen and oxygen atoms in total. The molecule has 1 heterocycles. The van der Waals surface area contributed by atoms with Gasteiger partial charge in [0.1, 0.15) is 4.21 Å². The van der Waals surface area contributed by atoms with Gasteiger partial charge in [-0.05, 0) is 42.7 Å². The molecule has 0 amide bonds. The Morgan fingerprint density at radius 1 is 1.14 bits per heavy atom. The fourth-order valence-electron chi connectivity index (χ4n) is 1.94. The van der Waals surface area contributed by atoms with Crippen molar-refractivity contribution in [1.29, 1.82) is 0 Å². The number of alkyl halides is 1. The van der Waals surface area contributed by atoms with Crippen molar-refractivity contribution in [1.82, 2.24) is 0 Å². The van der Waals surface area contributed by atoms with Gasteiger partial charge in [-0.1, -0.05) is 19.1 Å². The molecule has 0 saturated carbocycles. The summed E-state index contributed by atoms with van der Waals surface area (Å²) in [5.74, 6) is 0.494. The number of thiophene rings is 1. The highest BCUT2D eigenvalue weighted by Crippen LogP contribution is 2.28. The number of halogens is 1. The minimum atomic E-state index is -3.50. The molecule has 0 unspecified atom stereocenters. The van der Waals surface area contributed by atoms with Crippen LogP contribution in [0.4, 0.5) is 5.69 Å². The van der Waals surface area contributed by atoms with Crippen LogP contribution in [0.2, 0.25) is 0 Å². The Bertz CT molecular complexity index is 693. The third-order valence-electron chi connectivity index (χ3n) is 3.30. The molecule has 114 valence electrons. The summed E-state index contributed by atoms with van der Waals surface area (Å²) in [4.78, 5) is 0.985. The molecule has 2 aromatic rings. The molecule has 0 aliphatic rings. The molecule has 21 heavy (non-hydrogen) atoms. The monoisotopic (exact) mass is 343 g/mol. The van der Waals surface area contributed by atoms with E-state index in [1.165, 1.54) is 21.2 Å². The van der Waals surface area contributed by atoms with Crippen LogP contribution in [0.3, 0.4) is 0 Å². The summed E-state index contributed by atoms with van der Waals surface area (Å²) in [5, 5.41) is 0. The van der Waals surface area contributed by atoms with Gasteiger partial charge in [0.25, 0.3) is 10.0 Å². The van der Waals surface area contributed by atoms with E-state index in [1.54, 1.807) is 13.1 Å². The Hall–Kier alpha value is -1.04. The smallest absolute Gasteiger partial charge is 0.269 e. The molecular formula is C15H18ClNO2S2. The summed E-state index contributed by atoms with van der Waals surface area (Å²) in [7, 11) is -1.92. The summed E-state index contributed by atoms with van der Waals surface area (Å²) >= 11 is 6.97. The van der Waals surface area contributed by atoms with Crippen LogP contribution in [0, 0.1) is 0 Å². The van der Waals surface area contributed by atoms with Crippen LogP contribution in [0.1, 0.15) is 17.4 Å². The normalized spacial score (nSPS) is 11.6. The maximum Gasteiger partial charge on any atom is 0.273 e. The van der Waals surface area contributed by atoms with Gasteiger partial charge in [0.05, 0.1) is 5.69 Å². The van der Waals surface area contributed by atoms with E-state index >= 15 is 0 Å². The van der Waals surface area contributed by atoms with Crippen molar-refractivity contribution in [3.05, 3.63) is 46.8 Å². The average molecular weight is 344 g/mol. The van der Waals surface area contributed by atoms with Crippen LogP contribution in [0.15, 0.2) is 40.6 Å². The second kappa shape index (κ2) is 6.81. The molecule has 0 spiro atoms. The number of sulfonamides is 1. The average Bonchev–Trinajstić information content (AvgIpc) is 2.96. The predicted octanol–water partition coefficient (Wildman–Crippen LogP) is 3.92. The zero-order chi connectivity index (χ0) is 15.5. The van der Waals surface area contributed by atoms with Crippen LogP contribution in [0.25, 0.3) is 0 Å². The van der Waals surface area contributed by atoms with Crippen molar-refractivity contribution < 1.29 is 8.42 Å². The second-order valence-corrected chi connectivity index (χ2v) is 8.39. The highest BCUT2D eigenvalue weighted by Gasteiger charge is 2.23. The van der Waals surface area contributed by atoms with E-state index in [4.69, 9.17) is 11.6 Å². The lowest BCUT2D eigenvalue weighted by atomic mass is 10.1. The zero-order valence-corrected chi connectivity index (χ0v) is 14.4. The third kappa shape index (κ3) is 3.59. The van der Waals surface area contributed by atoms with Crippen molar-refractivity contribution >= 4 is 38.6 Å². The lowest BCUT2D eigenvalue weighted by molar-refractivity contribution is 0.596. The maximum atomic E-state index is 12.6. The quantitative estimate of drug-likeness (QED) is 0.745. The number of nitrogens with zero attached hydrogens (tertiary/aromatic N) is 1. The van der Waals surface area contributed by atoms with Gasteiger partial charge in [-0.2, -0.15) is 0 Å². The van der Waals surface area contributed by atoms with E-state index in [1.807, 2.05) is 30.3 Å². The minimum Gasteiger partial charge on any atom is -0.269 e. The molecule has 1 aromatic heterocycles. The van der Waals surface area contributed by atoms with Gasteiger partial charge >= 0.3 is 0 Å². The lowest BCUT2D eigenvalue weighted by Gasteiger charge is -2.18. The zero-order valence-electron chi connectivity index (χ0n) is 12.0. The Morgan fingerprint density at radius 3 is 2.38 bits per heavy atom. The van der Waals surface area contributed by atoms with Gasteiger partial charge in [-0.3, -0.25) is 4.31 Å². The van der Waals surface area contributed by atoms with Crippen molar-refractivity contribution in [2.75, 3.05) is 17.2 Å². The van der Waals surface area contributed by atoms with E-state index in [-0.39, 0.29) is 0 Å². The summed E-state index contributed by atoms with van der Waals surface area (Å²) in [6, 6.07) is 11.1. The van der Waals surface area contributed by atoms with Crippen LogP contribution in [-0.4, -0.2) is 21.3 Å². The number of hydrogen-bond donors (Lipinski definition) is 0. The third-order valence-corrected chi connectivity index (χ3v) is 6.89. The summed E-state index contributed by atoms with van der Waals surface area (Å²) < 4.78 is 26.9. The van der Waals surface area contributed by atoms with Gasteiger partial charge in [0, 0.05) is 17.8 Å². The first-order valence-corrected chi connectivity index (χ1v) is 9.50. The molecular weight excluding hydrogens is 326 g/mol. The number of rotatable bonds is 6. The molecule has 0 atom stereocenters. The van der Waals surface area contributed by atoms with E-state index in [0.717, 1.165) is 11.3 Å². The number of aryl methyl sites for hydroxylation is 2. The minimum absolute atomic E-state index is 0.352. The molecule has 2 rings (SSSR count). The number of anilines is 1. The lowest BCUT2D eigenvalue weighted by Crippen LogP contribution is -2.25. The van der Waals surface area contributed by atoms with Crippen molar-refractivity contribution in [2.45, 2.75) is 24.0 Å². The molecule has 0 aliphatic heterocycles. The molecule has 0 bridgehead atoms. The Balaban J connectivity index is 2.28. The molecule has 1 aromatic carbocycles. The highest BCUT2D eigenvalue weighted by atomic mass is 35.5. The molecule has 0 aliphatic carbocycles. The first-order valence-electron chi connectivity index (χ1n) is 6.71. The molecule has 6 heteroatoms. The van der Waals surface area contributed by atoms with Crippen LogP contribution >= 0.6 is 22.9 Å². The first-order chi connectivity index (χ1) is 9.98. The van der Waals surface area contributed by atoms with Gasteiger partial charge in [0.15, 0.2) is 0 Å². The molecule has 0 fully saturated rings. The topological polar surface area (TPSA) is 37.4 Å². The number of hydrogen-bond acceptors (Lipinski definition) is 3. The fraction of sp³-hybridized carbons (Fsp3) is 0.333. The Kier molecular flexibility index (Phi) is 5.30. The standard InChI is InChI=1S/C15H18ClNO2S2/c1-3-12-4-6-13(7-5-12)17(2)21(18,19)15-9-8-14(20-15)10-11-16/h4-9H,3,10-11H2,1-2H3. The van der Waals surface area contributed by atoms with Crippen LogP contribution in [-0.2, 0) is 22.9 Å². The van der Waals surface area contributed by atoms with Crippen LogP contribution < -0.4 is 4.31 Å². The highest BCUT2D eigenvalue weighted by molar-refractivity contribution is 7.94. The van der Waals surface area contributed by atoms with E-state index < -0.39 is 10.0 Å². The maximum absolute atomic E-state index is 12.6. The van der Waals surface area contributed by atoms with Gasteiger partial charge < -0.3 is 0 Å². The van der Waals surface area contributed by atoms with E-state index in [9.17, 15) is 8.42 Å². The first kappa shape index (κ1) is 16.3. The molecule has 0 saturated heterocycles. The van der Waals surface area contributed by atoms with Gasteiger partial charge in [0.2, 0.25) is 0 Å². The largest absolute Gasteiger partial charge is 0.273 e. The Labute approximate surface area is 135 Å². The predicted molar refractivity (Wildman–Crippen MR) is 90.2 cm³/mol. The molecule has 0 radical (unpaired) electrons. The molecule has 0 N–H and O–H groups in total. The van der Waals surface area contributed by atoms with Crippen LogP contribution in [0.5, 0.6) is 0 Å². The Morgan fingerprint density at radius 2 is 1.81 bits per heavy atom. The summed E-state index contributed by atoms with van der Waals surface area (Å²) in [5.41, 5.74) is 1.85. The van der Waals surface area contributed by atoms with Gasteiger partial charge in [-0.25, -0.2) is 8.42 Å². The second-order valence-electron chi connectivity index (χ2n) is 4.65. The van der Waals surface area contributed by atoms with E-state index in [2.05, 4.69) is 6.92 Å².